The van der Waals surface area contributed by atoms with Crippen molar-refractivity contribution in [3.63, 3.8) is 0 Å². The maximum Gasteiger partial charge on any atom is 0.305 e. The van der Waals surface area contributed by atoms with Gasteiger partial charge in [0, 0.05) is 12.5 Å². The Balaban J connectivity index is 1.61. The first kappa shape index (κ1) is 18.6. The molecule has 0 saturated heterocycles. The van der Waals surface area contributed by atoms with Gasteiger partial charge in [0.25, 0.3) is 0 Å². The number of sulfonamides is 1. The van der Waals surface area contributed by atoms with Crippen molar-refractivity contribution in [2.24, 2.45) is 0 Å². The van der Waals surface area contributed by atoms with Gasteiger partial charge in [0.15, 0.2) is 0 Å². The fraction of sp³-hybridized carbons (Fsp3) is 0.350. The number of esters is 1. The van der Waals surface area contributed by atoms with E-state index >= 15 is 0 Å². The van der Waals surface area contributed by atoms with E-state index in [2.05, 4.69) is 27.7 Å². The highest BCUT2D eigenvalue weighted by Crippen LogP contribution is 2.25. The number of ether oxygens (including phenoxy) is 1. The lowest BCUT2D eigenvalue weighted by Gasteiger charge is -2.12. The number of benzene rings is 2. The Morgan fingerprint density at radius 1 is 1.12 bits per heavy atom. The van der Waals surface area contributed by atoms with Crippen molar-refractivity contribution in [1.82, 2.24) is 4.72 Å². The minimum absolute atomic E-state index is 0.125. The van der Waals surface area contributed by atoms with Crippen molar-refractivity contribution < 1.29 is 17.9 Å². The van der Waals surface area contributed by atoms with Gasteiger partial charge in [-0.2, -0.15) is 0 Å². The van der Waals surface area contributed by atoms with Crippen molar-refractivity contribution in [2.45, 2.75) is 43.0 Å². The lowest BCUT2D eigenvalue weighted by Crippen LogP contribution is -2.35. The second kappa shape index (κ2) is 8.01. The van der Waals surface area contributed by atoms with E-state index < -0.39 is 10.0 Å². The Hall–Kier alpha value is -2.18. The quantitative estimate of drug-likeness (QED) is 0.758. The normalized spacial score (nSPS) is 16.3. The molecule has 2 aromatic carbocycles. The summed E-state index contributed by atoms with van der Waals surface area (Å²) in [5, 5.41) is 0. The SMILES string of the molecule is COC(=O)CCCc1ccc2c(c1)CC(NS(=O)(=O)c1ccccc1)C2. The number of rotatable bonds is 7. The Morgan fingerprint density at radius 2 is 1.85 bits per heavy atom. The molecule has 1 unspecified atom stereocenters. The summed E-state index contributed by atoms with van der Waals surface area (Å²) in [6.07, 6.45) is 3.35. The third kappa shape index (κ3) is 4.51. The van der Waals surface area contributed by atoms with Crippen LogP contribution in [0.15, 0.2) is 53.4 Å². The molecule has 2 aromatic rings. The molecule has 26 heavy (non-hydrogen) atoms. The Labute approximate surface area is 154 Å². The van der Waals surface area contributed by atoms with Crippen LogP contribution >= 0.6 is 0 Å². The summed E-state index contributed by atoms with van der Waals surface area (Å²) in [5.41, 5.74) is 3.53. The van der Waals surface area contributed by atoms with Crippen molar-refractivity contribution in [3.8, 4) is 0 Å². The molecule has 138 valence electrons. The maximum atomic E-state index is 12.5. The number of carbonyl (C=O) groups excluding carboxylic acids is 1. The number of nitrogens with one attached hydrogen (secondary N) is 1. The minimum Gasteiger partial charge on any atom is -0.469 e. The summed E-state index contributed by atoms with van der Waals surface area (Å²) < 4.78 is 32.4. The molecule has 0 saturated carbocycles. The highest BCUT2D eigenvalue weighted by atomic mass is 32.2. The van der Waals surface area contributed by atoms with Gasteiger partial charge in [0.05, 0.1) is 12.0 Å². The molecular formula is C20H23NO4S. The Bertz CT molecular complexity index is 878. The smallest absolute Gasteiger partial charge is 0.305 e. The second-order valence-electron chi connectivity index (χ2n) is 6.57. The largest absolute Gasteiger partial charge is 0.469 e. The fourth-order valence-electron chi connectivity index (χ4n) is 3.34. The van der Waals surface area contributed by atoms with Gasteiger partial charge in [0.2, 0.25) is 10.0 Å². The summed E-state index contributed by atoms with van der Waals surface area (Å²) >= 11 is 0. The average Bonchev–Trinajstić information content (AvgIpc) is 3.03. The molecule has 0 radical (unpaired) electrons. The standard InChI is InChI=1S/C20H23NO4S/c1-25-20(22)9-5-6-15-10-11-16-13-18(14-17(16)12-15)21-26(23,24)19-7-3-2-4-8-19/h2-4,7-8,10-12,18,21H,5-6,9,13-14H2,1H3. The molecule has 0 aromatic heterocycles. The zero-order valence-corrected chi connectivity index (χ0v) is 15.6. The van der Waals surface area contributed by atoms with Crippen molar-refractivity contribution in [2.75, 3.05) is 7.11 Å². The zero-order valence-electron chi connectivity index (χ0n) is 14.8. The van der Waals surface area contributed by atoms with Crippen LogP contribution in [-0.2, 0) is 38.8 Å². The van der Waals surface area contributed by atoms with E-state index in [1.165, 1.54) is 23.8 Å². The summed E-state index contributed by atoms with van der Waals surface area (Å²) in [6.45, 7) is 0. The predicted octanol–water partition coefficient (Wildman–Crippen LogP) is 2.63. The van der Waals surface area contributed by atoms with Crippen LogP contribution in [0.4, 0.5) is 0 Å². The summed E-state index contributed by atoms with van der Waals surface area (Å²) in [7, 11) is -2.10. The van der Waals surface area contributed by atoms with Gasteiger partial charge in [-0.1, -0.05) is 36.4 Å². The molecule has 0 heterocycles. The van der Waals surface area contributed by atoms with Crippen LogP contribution in [0.3, 0.4) is 0 Å². The lowest BCUT2D eigenvalue weighted by molar-refractivity contribution is -0.140. The van der Waals surface area contributed by atoms with Crippen LogP contribution in [0.25, 0.3) is 0 Å². The van der Waals surface area contributed by atoms with Crippen molar-refractivity contribution in [3.05, 3.63) is 65.2 Å². The highest BCUT2D eigenvalue weighted by Gasteiger charge is 2.26. The van der Waals surface area contributed by atoms with Crippen molar-refractivity contribution >= 4 is 16.0 Å². The summed E-state index contributed by atoms with van der Waals surface area (Å²) in [6, 6.07) is 14.6. The summed E-state index contributed by atoms with van der Waals surface area (Å²) in [4.78, 5) is 11.5. The Morgan fingerprint density at radius 3 is 2.58 bits per heavy atom. The van der Waals surface area contributed by atoms with E-state index in [1.54, 1.807) is 30.3 Å². The van der Waals surface area contributed by atoms with E-state index in [1.807, 2.05) is 0 Å². The van der Waals surface area contributed by atoms with Crippen LogP contribution in [0, 0.1) is 0 Å². The first-order chi connectivity index (χ1) is 12.5. The monoisotopic (exact) mass is 373 g/mol. The van der Waals surface area contributed by atoms with E-state index in [0.717, 1.165) is 12.8 Å². The Kier molecular flexibility index (Phi) is 5.74. The molecule has 1 aliphatic rings. The van der Waals surface area contributed by atoms with Gasteiger partial charge in [-0.3, -0.25) is 4.79 Å². The molecule has 3 rings (SSSR count). The third-order valence-electron chi connectivity index (χ3n) is 4.65. The van der Waals surface area contributed by atoms with Gasteiger partial charge < -0.3 is 4.74 Å². The number of methoxy groups -OCH3 is 1. The van der Waals surface area contributed by atoms with Gasteiger partial charge in [0.1, 0.15) is 0 Å². The number of hydrogen-bond acceptors (Lipinski definition) is 4. The predicted molar refractivity (Wildman–Crippen MR) is 99.4 cm³/mol. The molecule has 5 nitrogen and oxygen atoms in total. The molecule has 0 fully saturated rings. The lowest BCUT2D eigenvalue weighted by atomic mass is 10.0. The highest BCUT2D eigenvalue weighted by molar-refractivity contribution is 7.89. The topological polar surface area (TPSA) is 72.5 Å². The number of carbonyl (C=O) groups is 1. The second-order valence-corrected chi connectivity index (χ2v) is 8.29. The minimum atomic E-state index is -3.50. The van der Waals surface area contributed by atoms with Crippen LogP contribution < -0.4 is 4.72 Å². The number of aryl methyl sites for hydroxylation is 1. The van der Waals surface area contributed by atoms with E-state index in [0.29, 0.717) is 24.2 Å². The van der Waals surface area contributed by atoms with E-state index in [9.17, 15) is 13.2 Å². The zero-order chi connectivity index (χ0) is 18.6. The molecule has 6 heteroatoms. The van der Waals surface area contributed by atoms with Crippen molar-refractivity contribution in [1.29, 1.82) is 0 Å². The first-order valence-electron chi connectivity index (χ1n) is 8.73. The van der Waals surface area contributed by atoms with Crippen LogP contribution in [0.2, 0.25) is 0 Å². The molecule has 1 N–H and O–H groups in total. The van der Waals surface area contributed by atoms with Crippen LogP contribution in [0.5, 0.6) is 0 Å². The molecule has 0 aliphatic heterocycles. The number of hydrogen-bond donors (Lipinski definition) is 1. The fourth-order valence-corrected chi connectivity index (χ4v) is 4.59. The molecule has 1 aliphatic carbocycles. The molecule has 0 amide bonds. The van der Waals surface area contributed by atoms with Crippen LogP contribution in [0.1, 0.15) is 29.5 Å². The molecular weight excluding hydrogens is 350 g/mol. The maximum absolute atomic E-state index is 12.5. The van der Waals surface area contributed by atoms with Crippen LogP contribution in [-0.4, -0.2) is 27.5 Å². The molecule has 0 bridgehead atoms. The van der Waals surface area contributed by atoms with Gasteiger partial charge in [-0.25, -0.2) is 13.1 Å². The average molecular weight is 373 g/mol. The van der Waals surface area contributed by atoms with E-state index in [-0.39, 0.29) is 12.0 Å². The van der Waals surface area contributed by atoms with Gasteiger partial charge >= 0.3 is 5.97 Å². The summed E-state index contributed by atoms with van der Waals surface area (Å²) in [5.74, 6) is -0.193. The number of fused-ring (bicyclic) bond motifs is 1. The van der Waals surface area contributed by atoms with E-state index in [4.69, 9.17) is 0 Å². The molecule has 0 spiro atoms. The van der Waals surface area contributed by atoms with Gasteiger partial charge in [-0.15, -0.1) is 0 Å². The third-order valence-corrected chi connectivity index (χ3v) is 6.19. The molecule has 1 atom stereocenters. The first-order valence-corrected chi connectivity index (χ1v) is 10.2. The van der Waals surface area contributed by atoms with Gasteiger partial charge in [-0.05, 0) is 54.5 Å².